The van der Waals surface area contributed by atoms with Gasteiger partial charge in [-0.2, -0.15) is 19.7 Å². The number of nitrogen functional groups attached to an aromatic ring is 2. The second-order valence-electron chi connectivity index (χ2n) is 8.11. The van der Waals surface area contributed by atoms with Crippen LogP contribution in [0.15, 0.2) is 97.1 Å². The van der Waals surface area contributed by atoms with Gasteiger partial charge in [-0.15, -0.1) is 5.10 Å². The number of hydrogen-bond acceptors (Lipinski definition) is 9. The predicted octanol–water partition coefficient (Wildman–Crippen LogP) is 4.09. The molecule has 0 aliphatic carbocycles. The summed E-state index contributed by atoms with van der Waals surface area (Å²) >= 11 is 0. The Kier molecular flexibility index (Phi) is 16.3. The second kappa shape index (κ2) is 19.8. The summed E-state index contributed by atoms with van der Waals surface area (Å²) in [6.07, 6.45) is 10.5. The Balaban J connectivity index is 0.000000458. The number of H-pyrrole nitrogens is 1. The summed E-state index contributed by atoms with van der Waals surface area (Å²) in [5.74, 6) is 0.697. The quantitative estimate of drug-likeness (QED) is 0.142. The topological polar surface area (TPSA) is 167 Å². The maximum absolute atomic E-state index is 10.2. The van der Waals surface area contributed by atoms with E-state index < -0.39 is 0 Å². The van der Waals surface area contributed by atoms with Crippen molar-refractivity contribution in [2.45, 2.75) is 27.3 Å². The molecule has 0 amide bonds. The number of allylic oxidation sites excluding steroid dienone is 4. The number of aromatic nitrogens is 5. The lowest BCUT2D eigenvalue weighted by molar-refractivity contribution is 0.657. The minimum absolute atomic E-state index is 0.0405. The summed E-state index contributed by atoms with van der Waals surface area (Å²) in [7, 11) is 0. The van der Waals surface area contributed by atoms with Crippen molar-refractivity contribution < 1.29 is 0 Å². The number of likely N-dealkylation sites (N-methyl/N-ethyl adjacent to an activating group) is 1. The predicted molar refractivity (Wildman–Crippen MR) is 168 cm³/mol. The van der Waals surface area contributed by atoms with Gasteiger partial charge in [0.05, 0.1) is 0 Å². The molecule has 1 aromatic carbocycles. The molecule has 3 aromatic heterocycles. The first-order valence-electron chi connectivity index (χ1n) is 13.0. The van der Waals surface area contributed by atoms with Crippen molar-refractivity contribution in [3.8, 4) is 6.07 Å². The van der Waals surface area contributed by atoms with E-state index in [2.05, 4.69) is 50.7 Å². The van der Waals surface area contributed by atoms with Crippen LogP contribution in [0.3, 0.4) is 0 Å². The number of rotatable bonds is 8. The number of fused-ring (bicyclic) bond motifs is 1. The lowest BCUT2D eigenvalue weighted by atomic mass is 10.2. The Hall–Kier alpha value is -5.21. The molecular formula is C30H40N10O. The molecule has 4 rings (SSSR count). The van der Waals surface area contributed by atoms with Crippen molar-refractivity contribution in [1.29, 1.82) is 5.26 Å². The van der Waals surface area contributed by atoms with E-state index >= 15 is 0 Å². The highest BCUT2D eigenvalue weighted by Crippen LogP contribution is 2.19. The molecule has 0 saturated heterocycles. The van der Waals surface area contributed by atoms with E-state index in [9.17, 15) is 10.1 Å². The Morgan fingerprint density at radius 1 is 1.07 bits per heavy atom. The van der Waals surface area contributed by atoms with E-state index in [1.165, 1.54) is 22.2 Å². The van der Waals surface area contributed by atoms with Crippen molar-refractivity contribution in [3.05, 3.63) is 114 Å². The van der Waals surface area contributed by atoms with Gasteiger partial charge in [0.2, 0.25) is 11.9 Å². The molecule has 0 bridgehead atoms. The van der Waals surface area contributed by atoms with Crippen molar-refractivity contribution in [3.63, 3.8) is 0 Å². The molecular weight excluding hydrogens is 516 g/mol. The van der Waals surface area contributed by atoms with E-state index in [4.69, 9.17) is 11.5 Å². The van der Waals surface area contributed by atoms with Crippen LogP contribution in [0.4, 0.5) is 17.7 Å². The lowest BCUT2D eigenvalue weighted by Gasteiger charge is -2.21. The molecule has 216 valence electrons. The minimum atomic E-state index is 0.0405. The summed E-state index contributed by atoms with van der Waals surface area (Å²) in [5, 5.41) is 16.7. The SMILES string of the molecule is C/C=C\C.C=CC=C.CCN(CCNCc1ccccc1)c1nc(N)n2nc(N)c(C#N)c2n1.O=c1cc[nH]cc1. The molecule has 0 fully saturated rings. The highest BCUT2D eigenvalue weighted by atomic mass is 16.1. The number of hydrogen-bond donors (Lipinski definition) is 4. The molecule has 0 unspecified atom stereocenters. The number of nitrogens with one attached hydrogen (secondary N) is 2. The Morgan fingerprint density at radius 2 is 1.71 bits per heavy atom. The van der Waals surface area contributed by atoms with Gasteiger partial charge in [0.15, 0.2) is 16.9 Å². The van der Waals surface area contributed by atoms with E-state index in [1.807, 2.05) is 62.1 Å². The van der Waals surface area contributed by atoms with Gasteiger partial charge >= 0.3 is 0 Å². The molecule has 0 aliphatic heterocycles. The Morgan fingerprint density at radius 3 is 2.20 bits per heavy atom. The van der Waals surface area contributed by atoms with Gasteiger partial charge in [-0.3, -0.25) is 4.79 Å². The number of nitrogens with zero attached hydrogens (tertiary/aromatic N) is 6. The monoisotopic (exact) mass is 556 g/mol. The maximum Gasteiger partial charge on any atom is 0.230 e. The van der Waals surface area contributed by atoms with E-state index in [0.717, 1.165) is 13.1 Å². The number of nitriles is 1. The first kappa shape index (κ1) is 33.8. The molecule has 6 N–H and O–H groups in total. The zero-order valence-electron chi connectivity index (χ0n) is 24.0. The van der Waals surface area contributed by atoms with Crippen LogP contribution < -0.4 is 27.1 Å². The highest BCUT2D eigenvalue weighted by Gasteiger charge is 2.17. The fourth-order valence-corrected chi connectivity index (χ4v) is 3.02. The first-order chi connectivity index (χ1) is 19.9. The molecule has 0 saturated carbocycles. The highest BCUT2D eigenvalue weighted by molar-refractivity contribution is 5.68. The van der Waals surface area contributed by atoms with Gasteiger partial charge < -0.3 is 26.7 Å². The molecule has 3 heterocycles. The summed E-state index contributed by atoms with van der Waals surface area (Å²) in [5.41, 5.74) is 13.5. The third-order valence-corrected chi connectivity index (χ3v) is 5.22. The summed E-state index contributed by atoms with van der Waals surface area (Å²) in [4.78, 5) is 23.7. The Bertz CT molecular complexity index is 1420. The van der Waals surface area contributed by atoms with Crippen LogP contribution in [0.5, 0.6) is 0 Å². The van der Waals surface area contributed by atoms with Gasteiger partial charge in [0.25, 0.3) is 0 Å². The molecule has 41 heavy (non-hydrogen) atoms. The number of benzene rings is 1. The number of pyridine rings is 1. The average Bonchev–Trinajstić information content (AvgIpc) is 3.34. The lowest BCUT2D eigenvalue weighted by Crippen LogP contribution is -2.33. The first-order valence-corrected chi connectivity index (χ1v) is 13.0. The van der Waals surface area contributed by atoms with Crippen LogP contribution in [0.25, 0.3) is 5.65 Å². The second-order valence-corrected chi connectivity index (χ2v) is 8.11. The van der Waals surface area contributed by atoms with Gasteiger partial charge in [-0.1, -0.05) is 67.8 Å². The number of anilines is 3. The largest absolute Gasteiger partial charge is 0.381 e. The van der Waals surface area contributed by atoms with Gasteiger partial charge in [-0.25, -0.2) is 0 Å². The van der Waals surface area contributed by atoms with Gasteiger partial charge in [0.1, 0.15) is 11.6 Å². The van der Waals surface area contributed by atoms with Crippen molar-refractivity contribution in [2.24, 2.45) is 0 Å². The molecule has 0 aliphatic rings. The van der Waals surface area contributed by atoms with Crippen LogP contribution in [0, 0.1) is 11.3 Å². The average molecular weight is 557 g/mol. The number of aromatic amines is 1. The van der Waals surface area contributed by atoms with Crippen LogP contribution in [0.2, 0.25) is 0 Å². The van der Waals surface area contributed by atoms with Crippen molar-refractivity contribution in [2.75, 3.05) is 36.0 Å². The fraction of sp³-hybridized carbons (Fsp3) is 0.233. The smallest absolute Gasteiger partial charge is 0.230 e. The molecule has 0 spiro atoms. The maximum atomic E-state index is 10.2. The summed E-state index contributed by atoms with van der Waals surface area (Å²) in [6, 6.07) is 15.2. The van der Waals surface area contributed by atoms with Crippen molar-refractivity contribution >= 4 is 23.4 Å². The van der Waals surface area contributed by atoms with Crippen LogP contribution in [0.1, 0.15) is 31.9 Å². The summed E-state index contributed by atoms with van der Waals surface area (Å²) in [6.45, 7) is 15.7. The molecule has 0 radical (unpaired) electrons. The zero-order valence-corrected chi connectivity index (χ0v) is 24.0. The molecule has 11 heteroatoms. The van der Waals surface area contributed by atoms with E-state index in [1.54, 1.807) is 24.5 Å². The number of nitrogens with two attached hydrogens (primary N) is 2. The fourth-order valence-electron chi connectivity index (χ4n) is 3.02. The zero-order chi connectivity index (χ0) is 30.5. The molecule has 0 atom stereocenters. The molecule has 4 aromatic rings. The van der Waals surface area contributed by atoms with Crippen LogP contribution in [-0.2, 0) is 6.54 Å². The standard InChI is InChI=1S/C17H21N9.C5H5NO.C4H8.C4H6/c1-2-25(9-8-21-11-12-6-4-3-5-7-12)17-22-15-13(10-18)14(19)24-26(15)16(20)23-17;7-5-1-3-6-4-2-5;2*1-3-4-2/h3-7,21H,2,8-9,11H2,1H3,(H2,19,24)(H2,20,22,23);1-4H,(H,6,7);3-4H,1-2H3;3-4H,1-2H2/b;;4-3-;. The van der Waals surface area contributed by atoms with Crippen LogP contribution >= 0.6 is 0 Å². The minimum Gasteiger partial charge on any atom is -0.381 e. The summed E-state index contributed by atoms with van der Waals surface area (Å²) < 4.78 is 1.29. The normalized spacial score (nSPS) is 9.71. The van der Waals surface area contributed by atoms with E-state index in [-0.39, 0.29) is 22.8 Å². The van der Waals surface area contributed by atoms with Crippen molar-refractivity contribution in [1.82, 2.24) is 29.9 Å². The Labute approximate surface area is 241 Å². The van der Waals surface area contributed by atoms with Gasteiger partial charge in [-0.05, 0) is 26.3 Å². The van der Waals surface area contributed by atoms with E-state index in [0.29, 0.717) is 24.7 Å². The third kappa shape index (κ3) is 12.0. The third-order valence-electron chi connectivity index (χ3n) is 5.22. The van der Waals surface area contributed by atoms with Crippen LogP contribution in [-0.4, -0.2) is 44.2 Å². The van der Waals surface area contributed by atoms with Gasteiger partial charge in [0, 0.05) is 50.7 Å². The molecule has 11 nitrogen and oxygen atoms in total.